The van der Waals surface area contributed by atoms with E-state index in [-0.39, 0.29) is 18.3 Å². The molecule has 2 atom stereocenters. The summed E-state index contributed by atoms with van der Waals surface area (Å²) in [6.45, 7) is 1.51. The van der Waals surface area contributed by atoms with Crippen LogP contribution in [0.2, 0.25) is 0 Å². The standard InChI is InChI=1S/C15H16N4O4/c1-9-16-13(19(22)23)7-18(9)8-14(21)17-15-11-5-3-2-4-10(11)6-12(15)20/h2-5,7,12,15,20H,6,8H2,1H3,(H,17,21). The Morgan fingerprint density at radius 1 is 1.52 bits per heavy atom. The SMILES string of the molecule is Cc1nc([N+](=O)[O-])cn1CC(=O)NC1c2ccccc2CC1O. The predicted octanol–water partition coefficient (Wildman–Crippen LogP) is 0.874. The van der Waals surface area contributed by atoms with Gasteiger partial charge in [-0.05, 0) is 21.0 Å². The van der Waals surface area contributed by atoms with Gasteiger partial charge in [0.05, 0.1) is 12.1 Å². The van der Waals surface area contributed by atoms with Gasteiger partial charge in [-0.25, -0.2) is 0 Å². The molecule has 120 valence electrons. The molecule has 1 heterocycles. The van der Waals surface area contributed by atoms with Crippen molar-refractivity contribution in [1.82, 2.24) is 14.9 Å². The molecule has 23 heavy (non-hydrogen) atoms. The molecule has 0 radical (unpaired) electrons. The van der Waals surface area contributed by atoms with Crippen molar-refractivity contribution < 1.29 is 14.8 Å². The van der Waals surface area contributed by atoms with Crippen LogP contribution in [0.15, 0.2) is 30.5 Å². The molecule has 1 aromatic carbocycles. The third-order valence-corrected chi connectivity index (χ3v) is 3.98. The maximum absolute atomic E-state index is 12.2. The number of aliphatic hydroxyl groups is 1. The van der Waals surface area contributed by atoms with Gasteiger partial charge in [0.2, 0.25) is 11.7 Å². The first-order valence-electron chi connectivity index (χ1n) is 7.19. The lowest BCUT2D eigenvalue weighted by Crippen LogP contribution is -2.36. The van der Waals surface area contributed by atoms with Gasteiger partial charge in [-0.1, -0.05) is 24.3 Å². The van der Waals surface area contributed by atoms with Crippen molar-refractivity contribution in [2.24, 2.45) is 0 Å². The zero-order valence-electron chi connectivity index (χ0n) is 12.5. The Kier molecular flexibility index (Phi) is 3.83. The van der Waals surface area contributed by atoms with E-state index in [1.165, 1.54) is 10.8 Å². The topological polar surface area (TPSA) is 110 Å². The van der Waals surface area contributed by atoms with Crippen LogP contribution in [-0.2, 0) is 17.8 Å². The van der Waals surface area contributed by atoms with Crippen molar-refractivity contribution in [1.29, 1.82) is 0 Å². The number of fused-ring (bicyclic) bond motifs is 1. The van der Waals surface area contributed by atoms with Gasteiger partial charge < -0.3 is 20.5 Å². The van der Waals surface area contributed by atoms with Crippen LogP contribution >= 0.6 is 0 Å². The summed E-state index contributed by atoms with van der Waals surface area (Å²) in [4.78, 5) is 26.1. The first-order valence-corrected chi connectivity index (χ1v) is 7.19. The zero-order valence-corrected chi connectivity index (χ0v) is 12.5. The summed E-state index contributed by atoms with van der Waals surface area (Å²) in [5.74, 6) is -0.234. The fourth-order valence-corrected chi connectivity index (χ4v) is 2.86. The largest absolute Gasteiger partial charge is 0.390 e. The van der Waals surface area contributed by atoms with Crippen LogP contribution in [0.4, 0.5) is 5.82 Å². The molecule has 2 unspecified atom stereocenters. The Hall–Kier alpha value is -2.74. The van der Waals surface area contributed by atoms with Gasteiger partial charge in [0.25, 0.3) is 0 Å². The number of nitro groups is 1. The van der Waals surface area contributed by atoms with E-state index in [0.717, 1.165) is 11.1 Å². The number of hydrogen-bond donors (Lipinski definition) is 2. The van der Waals surface area contributed by atoms with E-state index in [4.69, 9.17) is 0 Å². The van der Waals surface area contributed by atoms with Crippen molar-refractivity contribution >= 4 is 11.7 Å². The number of imidazole rings is 1. The lowest BCUT2D eigenvalue weighted by atomic mass is 10.1. The highest BCUT2D eigenvalue weighted by Gasteiger charge is 2.32. The Morgan fingerprint density at radius 3 is 2.96 bits per heavy atom. The van der Waals surface area contributed by atoms with Crippen molar-refractivity contribution in [3.05, 3.63) is 57.5 Å². The number of benzene rings is 1. The number of carbonyl (C=O) groups is 1. The number of rotatable bonds is 4. The molecule has 1 aliphatic carbocycles. The molecule has 1 amide bonds. The summed E-state index contributed by atoms with van der Waals surface area (Å²) >= 11 is 0. The van der Waals surface area contributed by atoms with Gasteiger partial charge in [0.15, 0.2) is 0 Å². The Bertz CT molecular complexity index is 771. The summed E-state index contributed by atoms with van der Waals surface area (Å²) < 4.78 is 1.42. The van der Waals surface area contributed by atoms with Crippen LogP contribution in [0.5, 0.6) is 0 Å². The van der Waals surface area contributed by atoms with Crippen LogP contribution in [-0.4, -0.2) is 31.6 Å². The molecule has 0 saturated heterocycles. The quantitative estimate of drug-likeness (QED) is 0.642. The van der Waals surface area contributed by atoms with E-state index < -0.39 is 17.1 Å². The van der Waals surface area contributed by atoms with E-state index in [1.54, 1.807) is 6.92 Å². The molecule has 3 rings (SSSR count). The van der Waals surface area contributed by atoms with Crippen molar-refractivity contribution in [2.75, 3.05) is 0 Å². The third-order valence-electron chi connectivity index (χ3n) is 3.98. The highest BCUT2D eigenvalue weighted by atomic mass is 16.6. The first kappa shape index (κ1) is 15.2. The van der Waals surface area contributed by atoms with Gasteiger partial charge in [-0.3, -0.25) is 9.36 Å². The van der Waals surface area contributed by atoms with Crippen LogP contribution < -0.4 is 5.32 Å². The van der Waals surface area contributed by atoms with Crippen LogP contribution in [0.3, 0.4) is 0 Å². The molecule has 0 fully saturated rings. The average Bonchev–Trinajstić information content (AvgIpc) is 3.01. The Balaban J connectivity index is 1.72. The maximum atomic E-state index is 12.2. The second-order valence-corrected chi connectivity index (χ2v) is 5.55. The molecule has 0 aliphatic heterocycles. The molecular weight excluding hydrogens is 300 g/mol. The lowest BCUT2D eigenvalue weighted by molar-refractivity contribution is -0.389. The lowest BCUT2D eigenvalue weighted by Gasteiger charge is -2.18. The van der Waals surface area contributed by atoms with Crippen molar-refractivity contribution in [3.63, 3.8) is 0 Å². The van der Waals surface area contributed by atoms with Gasteiger partial charge in [0.1, 0.15) is 12.7 Å². The summed E-state index contributed by atoms with van der Waals surface area (Å²) in [6.07, 6.45) is 1.06. The van der Waals surface area contributed by atoms with Crippen LogP contribution in [0.1, 0.15) is 23.0 Å². The summed E-state index contributed by atoms with van der Waals surface area (Å²) in [6, 6.07) is 7.10. The van der Waals surface area contributed by atoms with Crippen LogP contribution in [0.25, 0.3) is 0 Å². The number of nitrogens with one attached hydrogen (secondary N) is 1. The molecule has 1 aromatic heterocycles. The number of carbonyl (C=O) groups excluding carboxylic acids is 1. The second kappa shape index (κ2) is 5.81. The molecule has 0 bridgehead atoms. The Morgan fingerprint density at radius 2 is 2.26 bits per heavy atom. The normalized spacial score (nSPS) is 19.4. The van der Waals surface area contributed by atoms with Crippen molar-refractivity contribution in [3.8, 4) is 0 Å². The predicted molar refractivity (Wildman–Crippen MR) is 80.7 cm³/mol. The zero-order chi connectivity index (χ0) is 16.6. The van der Waals surface area contributed by atoms with Gasteiger partial charge in [-0.15, -0.1) is 0 Å². The molecule has 2 aromatic rings. The van der Waals surface area contributed by atoms with Gasteiger partial charge >= 0.3 is 5.82 Å². The number of aromatic nitrogens is 2. The van der Waals surface area contributed by atoms with Gasteiger partial charge in [-0.2, -0.15) is 0 Å². The van der Waals surface area contributed by atoms with E-state index in [2.05, 4.69) is 10.3 Å². The number of nitrogens with zero attached hydrogens (tertiary/aromatic N) is 3. The Labute approximate surface area is 131 Å². The third kappa shape index (κ3) is 2.93. The number of hydrogen-bond acceptors (Lipinski definition) is 5. The first-order chi connectivity index (χ1) is 11.0. The summed E-state index contributed by atoms with van der Waals surface area (Å²) in [5.41, 5.74) is 1.92. The molecular formula is C15H16N4O4. The van der Waals surface area contributed by atoms with Gasteiger partial charge in [0, 0.05) is 13.3 Å². The maximum Gasteiger partial charge on any atom is 0.381 e. The van der Waals surface area contributed by atoms with E-state index >= 15 is 0 Å². The fraction of sp³-hybridized carbons (Fsp3) is 0.333. The summed E-state index contributed by atoms with van der Waals surface area (Å²) in [7, 11) is 0. The molecule has 0 saturated carbocycles. The minimum absolute atomic E-state index is 0.0853. The second-order valence-electron chi connectivity index (χ2n) is 5.55. The average molecular weight is 316 g/mol. The highest BCUT2D eigenvalue weighted by Crippen LogP contribution is 2.31. The van der Waals surface area contributed by atoms with E-state index in [0.29, 0.717) is 12.2 Å². The number of aliphatic hydroxyl groups excluding tert-OH is 1. The van der Waals surface area contributed by atoms with Crippen LogP contribution in [0, 0.1) is 17.0 Å². The monoisotopic (exact) mass is 316 g/mol. The number of amides is 1. The number of aryl methyl sites for hydroxylation is 1. The highest BCUT2D eigenvalue weighted by molar-refractivity contribution is 5.76. The molecule has 8 heteroatoms. The van der Waals surface area contributed by atoms with E-state index in [9.17, 15) is 20.0 Å². The van der Waals surface area contributed by atoms with E-state index in [1.807, 2.05) is 24.3 Å². The molecule has 2 N–H and O–H groups in total. The molecule has 1 aliphatic rings. The van der Waals surface area contributed by atoms with Crippen molar-refractivity contribution in [2.45, 2.75) is 32.0 Å². The molecule has 0 spiro atoms. The smallest absolute Gasteiger partial charge is 0.381 e. The molecule has 8 nitrogen and oxygen atoms in total. The summed E-state index contributed by atoms with van der Waals surface area (Å²) in [5, 5.41) is 23.6. The minimum atomic E-state index is -0.672. The minimum Gasteiger partial charge on any atom is -0.390 e. The fourth-order valence-electron chi connectivity index (χ4n) is 2.86.